The number of anilines is 2. The van der Waals surface area contributed by atoms with E-state index >= 15 is 0 Å². The van der Waals surface area contributed by atoms with Gasteiger partial charge in [0.05, 0.1) is 46.9 Å². The van der Waals surface area contributed by atoms with E-state index in [0.29, 0.717) is 34.8 Å². The summed E-state index contributed by atoms with van der Waals surface area (Å²) in [6, 6.07) is 13.3. The number of ether oxygens (including phenoxy) is 1. The molecule has 0 bridgehead atoms. The van der Waals surface area contributed by atoms with Crippen molar-refractivity contribution < 1.29 is 9.84 Å². The third-order valence-electron chi connectivity index (χ3n) is 11.9. The average Bonchev–Trinajstić information content (AvgIpc) is 3.86. The number of aliphatic hydroxyl groups excluding tert-OH is 1. The molecule has 0 unspecified atom stereocenters. The molecule has 2 aliphatic rings. The number of hydrogen-bond acceptors (Lipinski definition) is 8. The van der Waals surface area contributed by atoms with E-state index in [4.69, 9.17) is 21.2 Å². The van der Waals surface area contributed by atoms with Crippen LogP contribution in [0.15, 0.2) is 55.2 Å². The van der Waals surface area contributed by atoms with Crippen molar-refractivity contribution in [2.24, 2.45) is 0 Å². The second kappa shape index (κ2) is 13.3. The van der Waals surface area contributed by atoms with Crippen LogP contribution in [0, 0.1) is 50.4 Å². The van der Waals surface area contributed by atoms with Crippen LogP contribution in [0.3, 0.4) is 0 Å². The fourth-order valence-corrected chi connectivity index (χ4v) is 8.63. The Labute approximate surface area is 309 Å². The molecule has 53 heavy (non-hydrogen) atoms. The molecular formula is C43H44N8O2. The van der Waals surface area contributed by atoms with E-state index in [0.717, 1.165) is 105 Å². The number of hydrogen-bond donors (Lipinski definition) is 3. The molecule has 5 N–H and O–H groups in total. The van der Waals surface area contributed by atoms with E-state index in [2.05, 4.69) is 50.8 Å². The highest BCUT2D eigenvalue weighted by Gasteiger charge is 2.29. The predicted octanol–water partition coefficient (Wildman–Crippen LogP) is 8.51. The average molecular weight is 705 g/mol. The van der Waals surface area contributed by atoms with Crippen LogP contribution in [0.25, 0.3) is 44.1 Å². The second-order valence-corrected chi connectivity index (χ2v) is 15.1. The number of nitrogen functional groups attached to an aromatic ring is 2. The number of rotatable bonds is 6. The number of fused-ring (bicyclic) bond motifs is 2. The number of nitrogens with two attached hydrogens (primary N) is 2. The summed E-state index contributed by atoms with van der Waals surface area (Å²) in [5, 5.41) is 32.0. The standard InChI is InChI=1S/C43H44N8O2/c1-23-11-40-33(13-27(23)16-44)37(35-18-48-20-39(46)25(35)3)21-50(40)29-6-9-32(10-7-29)53-43-42(47)26(4)36(19-49-43)38-22-51(30-5-8-31(52)15-30)41-12-24(2)28(17-45)14-34(38)41/h11-14,18-22,29-32,52H,5-10,15,46-47H2,1-4H3/t29?,30-,31-,32?/m1/s1. The van der Waals surface area contributed by atoms with Crippen molar-refractivity contribution in [2.45, 2.75) is 96.9 Å². The van der Waals surface area contributed by atoms with Gasteiger partial charge in [-0.2, -0.15) is 10.5 Å². The van der Waals surface area contributed by atoms with E-state index in [1.807, 2.05) is 52.2 Å². The van der Waals surface area contributed by atoms with Crippen molar-refractivity contribution in [1.82, 2.24) is 19.1 Å². The molecular weight excluding hydrogens is 661 g/mol. The number of nitriles is 2. The Morgan fingerprint density at radius 1 is 0.717 bits per heavy atom. The maximum absolute atomic E-state index is 10.3. The Morgan fingerprint density at radius 2 is 1.28 bits per heavy atom. The Hall–Kier alpha value is -5.84. The van der Waals surface area contributed by atoms with Crippen molar-refractivity contribution >= 4 is 33.2 Å². The first-order valence-electron chi connectivity index (χ1n) is 18.5. The summed E-state index contributed by atoms with van der Waals surface area (Å²) < 4.78 is 11.2. The van der Waals surface area contributed by atoms with E-state index in [-0.39, 0.29) is 24.3 Å². The number of nitrogens with zero attached hydrogens (tertiary/aromatic N) is 6. The summed E-state index contributed by atoms with van der Waals surface area (Å²) >= 11 is 0. The van der Waals surface area contributed by atoms with Crippen molar-refractivity contribution in [3.63, 3.8) is 0 Å². The summed E-state index contributed by atoms with van der Waals surface area (Å²) in [7, 11) is 0. The minimum atomic E-state index is -0.302. The molecule has 6 aromatic rings. The van der Waals surface area contributed by atoms with Gasteiger partial charge in [0.15, 0.2) is 0 Å². The van der Waals surface area contributed by atoms with E-state index in [1.54, 1.807) is 6.20 Å². The number of aromatic nitrogens is 4. The minimum Gasteiger partial charge on any atom is -0.473 e. The largest absolute Gasteiger partial charge is 0.473 e. The van der Waals surface area contributed by atoms with E-state index < -0.39 is 0 Å². The Morgan fingerprint density at radius 3 is 1.85 bits per heavy atom. The zero-order valence-corrected chi connectivity index (χ0v) is 30.6. The predicted molar refractivity (Wildman–Crippen MR) is 208 cm³/mol. The molecule has 0 saturated heterocycles. The molecule has 0 amide bonds. The highest BCUT2D eigenvalue weighted by atomic mass is 16.5. The van der Waals surface area contributed by atoms with Crippen LogP contribution in [0.5, 0.6) is 5.88 Å². The van der Waals surface area contributed by atoms with Gasteiger partial charge in [0.25, 0.3) is 0 Å². The number of aryl methyl sites for hydroxylation is 2. The van der Waals surface area contributed by atoms with Crippen LogP contribution in [0.1, 0.15) is 90.4 Å². The molecule has 0 radical (unpaired) electrons. The molecule has 10 nitrogen and oxygen atoms in total. The van der Waals surface area contributed by atoms with Gasteiger partial charge >= 0.3 is 0 Å². The van der Waals surface area contributed by atoms with Crippen molar-refractivity contribution in [3.05, 3.63) is 88.6 Å². The van der Waals surface area contributed by atoms with E-state index in [9.17, 15) is 15.6 Å². The lowest BCUT2D eigenvalue weighted by Gasteiger charge is -2.30. The molecule has 2 aromatic carbocycles. The lowest BCUT2D eigenvalue weighted by molar-refractivity contribution is 0.129. The van der Waals surface area contributed by atoms with Gasteiger partial charge in [0.1, 0.15) is 6.10 Å². The molecule has 10 heteroatoms. The van der Waals surface area contributed by atoms with Crippen LogP contribution < -0.4 is 16.2 Å². The lowest BCUT2D eigenvalue weighted by Crippen LogP contribution is -2.26. The maximum atomic E-state index is 10.3. The third kappa shape index (κ3) is 5.84. The summed E-state index contributed by atoms with van der Waals surface area (Å²) in [6.07, 6.45) is 15.3. The third-order valence-corrected chi connectivity index (χ3v) is 11.9. The first kappa shape index (κ1) is 34.3. The molecule has 4 heterocycles. The number of aliphatic hydroxyl groups is 1. The number of benzene rings is 2. The lowest BCUT2D eigenvalue weighted by atomic mass is 9.92. The Balaban J connectivity index is 1.06. The van der Waals surface area contributed by atoms with Crippen LogP contribution in [-0.4, -0.2) is 36.4 Å². The fraction of sp³-hybridized carbons (Fsp3) is 0.349. The molecule has 8 rings (SSSR count). The van der Waals surface area contributed by atoms with Crippen molar-refractivity contribution in [3.8, 4) is 40.3 Å². The van der Waals surface area contributed by atoms with Crippen LogP contribution in [0.2, 0.25) is 0 Å². The van der Waals surface area contributed by atoms with Gasteiger partial charge in [0, 0.05) is 80.9 Å². The van der Waals surface area contributed by atoms with Crippen molar-refractivity contribution in [2.75, 3.05) is 11.5 Å². The smallest absolute Gasteiger partial charge is 0.237 e. The topological polar surface area (TPSA) is 165 Å². The molecule has 0 spiro atoms. The zero-order valence-electron chi connectivity index (χ0n) is 30.6. The SMILES string of the molecule is Cc1cc2c(cc1C#N)c(-c1cncc(N)c1C)cn2C1CCC(Oc2ncc(-c3cn([C@@H]4CC[C@@H](O)C4)c4cc(C)c(C#N)cc34)c(C)c2N)CC1. The Kier molecular flexibility index (Phi) is 8.59. The molecule has 4 aromatic heterocycles. The van der Waals surface area contributed by atoms with Gasteiger partial charge in [-0.3, -0.25) is 4.98 Å². The van der Waals surface area contributed by atoms with Gasteiger partial charge < -0.3 is 30.4 Å². The molecule has 268 valence electrons. The minimum absolute atomic E-state index is 0.0308. The second-order valence-electron chi connectivity index (χ2n) is 15.1. The fourth-order valence-electron chi connectivity index (χ4n) is 8.63. The number of pyridine rings is 2. The van der Waals surface area contributed by atoms with Gasteiger partial charge in [-0.1, -0.05) is 0 Å². The molecule has 2 saturated carbocycles. The first-order valence-corrected chi connectivity index (χ1v) is 18.5. The normalized spacial score (nSPS) is 20.1. The van der Waals surface area contributed by atoms with Gasteiger partial charge in [-0.15, -0.1) is 0 Å². The monoisotopic (exact) mass is 704 g/mol. The van der Waals surface area contributed by atoms with Gasteiger partial charge in [0.2, 0.25) is 5.88 Å². The molecule has 2 aliphatic carbocycles. The molecule has 2 fully saturated rings. The van der Waals surface area contributed by atoms with E-state index in [1.165, 1.54) is 0 Å². The summed E-state index contributed by atoms with van der Waals surface area (Å²) in [5.74, 6) is 0.448. The van der Waals surface area contributed by atoms with Crippen LogP contribution in [-0.2, 0) is 0 Å². The zero-order chi connectivity index (χ0) is 37.1. The van der Waals surface area contributed by atoms with Gasteiger partial charge in [-0.25, -0.2) is 4.98 Å². The maximum Gasteiger partial charge on any atom is 0.237 e. The summed E-state index contributed by atoms with van der Waals surface area (Å²) in [4.78, 5) is 9.17. The highest BCUT2D eigenvalue weighted by molar-refractivity contribution is 6.00. The first-order chi connectivity index (χ1) is 25.6. The Bertz CT molecular complexity index is 2510. The quantitative estimate of drug-likeness (QED) is 0.155. The van der Waals surface area contributed by atoms with Crippen LogP contribution in [0.4, 0.5) is 11.4 Å². The summed E-state index contributed by atoms with van der Waals surface area (Å²) in [6.45, 7) is 7.97. The summed E-state index contributed by atoms with van der Waals surface area (Å²) in [5.41, 5.74) is 25.3. The van der Waals surface area contributed by atoms with Crippen molar-refractivity contribution in [1.29, 1.82) is 10.5 Å². The molecule has 0 aliphatic heterocycles. The van der Waals surface area contributed by atoms with Crippen LogP contribution >= 0.6 is 0 Å². The van der Waals surface area contributed by atoms with Gasteiger partial charge in [-0.05, 0) is 119 Å². The molecule has 2 atom stereocenters. The highest BCUT2D eigenvalue weighted by Crippen LogP contribution is 2.43.